The summed E-state index contributed by atoms with van der Waals surface area (Å²) >= 11 is 0. The predicted octanol–water partition coefficient (Wildman–Crippen LogP) is 12.7. The molecule has 1 amide bonds. The van der Waals surface area contributed by atoms with Gasteiger partial charge in [0.1, 0.15) is 0 Å². The number of amides is 1. The summed E-state index contributed by atoms with van der Waals surface area (Å²) in [5.74, 6) is 0.629. The van der Waals surface area contributed by atoms with E-state index >= 15 is 0 Å². The Morgan fingerprint density at radius 1 is 0.426 bits per heavy atom. The molecule has 7 aromatic rings. The van der Waals surface area contributed by atoms with Crippen molar-refractivity contribution >= 4 is 49.0 Å². The van der Waals surface area contributed by atoms with E-state index in [1.165, 1.54) is 54.7 Å². The standard InChI is InChI=1S/C45H45NO/c1-24(2)29-16-11-17-30(25(3)4)38(29)43-41-35-22-10-15-28-14-9-20-33(37(28)35)34-21-13-23-36(40(34)41)42(45(46)47)44(43)39-31(26(5)6)18-12-19-32(39)27(7)8/h9-27H,1-8H3,(H2,46,47). The molecule has 2 N–H and O–H groups in total. The number of hydrogen-bond acceptors (Lipinski definition) is 1. The molecule has 0 atom stereocenters. The quantitative estimate of drug-likeness (QED) is 0.141. The van der Waals surface area contributed by atoms with Gasteiger partial charge in [-0.3, -0.25) is 4.79 Å². The second-order valence-corrected chi connectivity index (χ2v) is 14.5. The lowest BCUT2D eigenvalue weighted by molar-refractivity contribution is 0.100. The number of fused-ring (bicyclic) bond motifs is 2. The van der Waals surface area contributed by atoms with E-state index in [1.807, 2.05) is 0 Å². The van der Waals surface area contributed by atoms with Crippen molar-refractivity contribution in [2.45, 2.75) is 79.1 Å². The minimum atomic E-state index is -0.386. The van der Waals surface area contributed by atoms with Crippen LogP contribution in [0.5, 0.6) is 0 Å². The van der Waals surface area contributed by atoms with E-state index in [9.17, 15) is 4.79 Å². The van der Waals surface area contributed by atoms with E-state index in [0.717, 1.165) is 32.8 Å². The van der Waals surface area contributed by atoms with E-state index < -0.39 is 0 Å². The smallest absolute Gasteiger partial charge is 0.249 e. The molecule has 0 aliphatic carbocycles. The number of rotatable bonds is 7. The fraction of sp³-hybridized carbons (Fsp3) is 0.267. The molecule has 0 fully saturated rings. The van der Waals surface area contributed by atoms with Crippen molar-refractivity contribution in [3.63, 3.8) is 0 Å². The Bertz CT molecular complexity index is 2280. The van der Waals surface area contributed by atoms with Crippen LogP contribution in [0.4, 0.5) is 0 Å². The normalized spacial score (nSPS) is 12.3. The number of primary amides is 1. The van der Waals surface area contributed by atoms with Gasteiger partial charge in [0.15, 0.2) is 0 Å². The zero-order chi connectivity index (χ0) is 33.3. The molecule has 47 heavy (non-hydrogen) atoms. The summed E-state index contributed by atoms with van der Waals surface area (Å²) in [6.07, 6.45) is 0. The Labute approximate surface area is 278 Å². The van der Waals surface area contributed by atoms with Crippen molar-refractivity contribution in [3.05, 3.63) is 119 Å². The summed E-state index contributed by atoms with van der Waals surface area (Å²) < 4.78 is 0. The highest BCUT2D eigenvalue weighted by Gasteiger charge is 2.31. The molecule has 2 heteroatoms. The third-order valence-corrected chi connectivity index (χ3v) is 10.3. The van der Waals surface area contributed by atoms with Gasteiger partial charge < -0.3 is 5.73 Å². The van der Waals surface area contributed by atoms with E-state index in [-0.39, 0.29) is 29.6 Å². The first-order chi connectivity index (χ1) is 22.5. The molecule has 0 bridgehead atoms. The van der Waals surface area contributed by atoms with Crippen LogP contribution >= 0.6 is 0 Å². The van der Waals surface area contributed by atoms with Crippen LogP contribution in [0.15, 0.2) is 91.0 Å². The molecule has 0 aromatic heterocycles. The maximum Gasteiger partial charge on any atom is 0.249 e. The Balaban J connectivity index is 1.94. The van der Waals surface area contributed by atoms with E-state index in [1.54, 1.807) is 0 Å². The number of nitrogens with two attached hydrogens (primary N) is 1. The molecule has 7 aromatic carbocycles. The lowest BCUT2D eigenvalue weighted by atomic mass is 9.73. The SMILES string of the molecule is CC(C)c1cccc(C(C)C)c1-c1c(C(N)=O)c2cccc3c4cccc5cccc(c(c1-c1c(C(C)C)cccc1C(C)C)c23)c54. The van der Waals surface area contributed by atoms with Crippen LogP contribution in [0.1, 0.15) is 112 Å². The molecular formula is C45H45NO. The largest absolute Gasteiger partial charge is 0.366 e. The van der Waals surface area contributed by atoms with Crippen molar-refractivity contribution in [1.29, 1.82) is 0 Å². The van der Waals surface area contributed by atoms with Gasteiger partial charge in [-0.05, 0) is 106 Å². The third-order valence-electron chi connectivity index (χ3n) is 10.3. The van der Waals surface area contributed by atoms with Gasteiger partial charge in [0.05, 0.1) is 5.56 Å². The molecule has 0 saturated heterocycles. The third kappa shape index (κ3) is 4.64. The molecule has 0 saturated carbocycles. The molecule has 0 spiro atoms. The first-order valence-corrected chi connectivity index (χ1v) is 17.2. The van der Waals surface area contributed by atoms with Gasteiger partial charge in [0, 0.05) is 5.56 Å². The molecule has 0 unspecified atom stereocenters. The monoisotopic (exact) mass is 615 g/mol. The lowest BCUT2D eigenvalue weighted by Crippen LogP contribution is -2.16. The van der Waals surface area contributed by atoms with Crippen LogP contribution in [-0.2, 0) is 0 Å². The first kappa shape index (κ1) is 30.9. The Hall–Kier alpha value is -4.69. The predicted molar refractivity (Wildman–Crippen MR) is 203 cm³/mol. The van der Waals surface area contributed by atoms with Gasteiger partial charge in [0.25, 0.3) is 0 Å². The number of carbonyl (C=O) groups is 1. The van der Waals surface area contributed by atoms with E-state index in [2.05, 4.69) is 146 Å². The van der Waals surface area contributed by atoms with Gasteiger partial charge in [-0.25, -0.2) is 0 Å². The van der Waals surface area contributed by atoms with Gasteiger partial charge in [-0.1, -0.05) is 146 Å². The van der Waals surface area contributed by atoms with Crippen molar-refractivity contribution in [3.8, 4) is 22.3 Å². The van der Waals surface area contributed by atoms with Gasteiger partial charge in [-0.2, -0.15) is 0 Å². The molecule has 7 rings (SSSR count). The van der Waals surface area contributed by atoms with Crippen molar-refractivity contribution in [2.75, 3.05) is 0 Å². The highest BCUT2D eigenvalue weighted by Crippen LogP contribution is 2.54. The second kappa shape index (κ2) is 11.5. The highest BCUT2D eigenvalue weighted by molar-refractivity contribution is 6.39. The highest BCUT2D eigenvalue weighted by atomic mass is 16.1. The molecule has 0 aliphatic heterocycles. The first-order valence-electron chi connectivity index (χ1n) is 17.2. The van der Waals surface area contributed by atoms with Gasteiger partial charge in [0.2, 0.25) is 5.91 Å². The molecule has 0 radical (unpaired) electrons. The number of carbonyl (C=O) groups excluding carboxylic acids is 1. The zero-order valence-corrected chi connectivity index (χ0v) is 29.0. The van der Waals surface area contributed by atoms with E-state index in [4.69, 9.17) is 5.73 Å². The topological polar surface area (TPSA) is 43.1 Å². The maximum absolute atomic E-state index is 14.2. The van der Waals surface area contributed by atoms with Crippen LogP contribution in [0.3, 0.4) is 0 Å². The lowest BCUT2D eigenvalue weighted by Gasteiger charge is -2.30. The fourth-order valence-electron chi connectivity index (χ4n) is 8.24. The van der Waals surface area contributed by atoms with Crippen LogP contribution < -0.4 is 5.73 Å². The maximum atomic E-state index is 14.2. The average Bonchev–Trinajstić information content (AvgIpc) is 3.05. The number of hydrogen-bond donors (Lipinski definition) is 1. The van der Waals surface area contributed by atoms with Crippen molar-refractivity contribution in [2.24, 2.45) is 5.73 Å². The number of benzene rings is 7. The molecule has 0 heterocycles. The Kier molecular flexibility index (Phi) is 7.59. The Morgan fingerprint density at radius 3 is 1.28 bits per heavy atom. The molecule has 0 aliphatic rings. The van der Waals surface area contributed by atoms with Crippen LogP contribution in [0.2, 0.25) is 0 Å². The van der Waals surface area contributed by atoms with Crippen LogP contribution in [-0.4, -0.2) is 5.91 Å². The Morgan fingerprint density at radius 2 is 0.809 bits per heavy atom. The van der Waals surface area contributed by atoms with Gasteiger partial charge >= 0.3 is 0 Å². The summed E-state index contributed by atoms with van der Waals surface area (Å²) in [5, 5.41) is 9.33. The van der Waals surface area contributed by atoms with Crippen molar-refractivity contribution in [1.82, 2.24) is 0 Å². The van der Waals surface area contributed by atoms with Gasteiger partial charge in [-0.15, -0.1) is 0 Å². The summed E-state index contributed by atoms with van der Waals surface area (Å²) in [7, 11) is 0. The summed E-state index contributed by atoms with van der Waals surface area (Å²) in [6.45, 7) is 18.2. The fourth-order valence-corrected chi connectivity index (χ4v) is 8.24. The minimum absolute atomic E-state index is 0.240. The molecule has 236 valence electrons. The van der Waals surface area contributed by atoms with Crippen molar-refractivity contribution < 1.29 is 4.79 Å². The molecule has 2 nitrogen and oxygen atoms in total. The second-order valence-electron chi connectivity index (χ2n) is 14.5. The van der Waals surface area contributed by atoms with Crippen LogP contribution in [0.25, 0.3) is 65.3 Å². The zero-order valence-electron chi connectivity index (χ0n) is 29.0. The summed E-state index contributed by atoms with van der Waals surface area (Å²) in [5.41, 5.74) is 16.8. The van der Waals surface area contributed by atoms with E-state index in [0.29, 0.717) is 5.56 Å². The van der Waals surface area contributed by atoms with Crippen LogP contribution in [0, 0.1) is 0 Å². The average molecular weight is 616 g/mol. The molecular weight excluding hydrogens is 571 g/mol. The summed E-state index contributed by atoms with van der Waals surface area (Å²) in [6, 6.07) is 33.2. The minimum Gasteiger partial charge on any atom is -0.366 e. The summed E-state index contributed by atoms with van der Waals surface area (Å²) in [4.78, 5) is 14.2.